The Labute approximate surface area is 192 Å². The molecular weight excluding hydrogens is 414 g/mol. The third-order valence-corrected chi connectivity index (χ3v) is 6.13. The molecule has 0 saturated heterocycles. The molecule has 2 aliphatic rings. The quantitative estimate of drug-likeness (QED) is 0.458. The van der Waals surface area contributed by atoms with Gasteiger partial charge >= 0.3 is 6.03 Å². The summed E-state index contributed by atoms with van der Waals surface area (Å²) in [5, 5.41) is 3.09. The number of carbonyl (C=O) groups excluding carboxylic acids is 1. The van der Waals surface area contributed by atoms with Crippen molar-refractivity contribution in [3.05, 3.63) is 108 Å². The van der Waals surface area contributed by atoms with Gasteiger partial charge in [-0.25, -0.2) is 4.79 Å². The topological polar surface area (TPSA) is 55.7 Å². The molecule has 2 aliphatic heterocycles. The molecule has 1 atom stereocenters. The second-order valence-electron chi connectivity index (χ2n) is 8.16. The number of benzene rings is 3. The largest absolute Gasteiger partial charge is 0.486 e. The number of urea groups is 1. The highest BCUT2D eigenvalue weighted by Gasteiger charge is 2.33. The van der Waals surface area contributed by atoms with E-state index in [1.807, 2.05) is 59.5 Å². The van der Waals surface area contributed by atoms with Gasteiger partial charge in [-0.2, -0.15) is 0 Å². The number of aromatic nitrogens is 1. The lowest BCUT2D eigenvalue weighted by Gasteiger charge is -2.31. The van der Waals surface area contributed by atoms with Crippen LogP contribution in [-0.2, 0) is 6.54 Å². The number of amides is 2. The molecule has 6 rings (SSSR count). The molecule has 3 aromatic carbocycles. The van der Waals surface area contributed by atoms with E-state index in [1.54, 1.807) is 0 Å². The summed E-state index contributed by atoms with van der Waals surface area (Å²) in [5.41, 5.74) is 4.95. The van der Waals surface area contributed by atoms with Gasteiger partial charge in [-0.1, -0.05) is 48.5 Å². The smallest absolute Gasteiger partial charge is 0.322 e. The Morgan fingerprint density at radius 1 is 0.848 bits per heavy atom. The summed E-state index contributed by atoms with van der Waals surface area (Å²) in [6.45, 7) is 1.51. The molecule has 0 unspecified atom stereocenters. The maximum Gasteiger partial charge on any atom is 0.322 e. The monoisotopic (exact) mass is 437 g/mol. The molecule has 2 amide bonds. The van der Waals surface area contributed by atoms with Crippen molar-refractivity contribution in [1.29, 1.82) is 0 Å². The molecule has 0 spiro atoms. The van der Waals surface area contributed by atoms with E-state index >= 15 is 0 Å². The predicted molar refractivity (Wildman–Crippen MR) is 126 cm³/mol. The fourth-order valence-electron chi connectivity index (χ4n) is 4.64. The minimum absolute atomic E-state index is 0.176. The van der Waals surface area contributed by atoms with Gasteiger partial charge < -0.3 is 24.3 Å². The van der Waals surface area contributed by atoms with Gasteiger partial charge in [-0.3, -0.25) is 0 Å². The van der Waals surface area contributed by atoms with Crippen LogP contribution in [0.15, 0.2) is 91.1 Å². The first-order valence-corrected chi connectivity index (χ1v) is 11.1. The first kappa shape index (κ1) is 19.5. The van der Waals surface area contributed by atoms with E-state index in [-0.39, 0.29) is 12.1 Å². The molecule has 0 aliphatic carbocycles. The minimum Gasteiger partial charge on any atom is -0.486 e. The SMILES string of the molecule is O=C(Nc1ccc2c(c1)OCCO2)N1Cc2ccccc2-n2cccc2[C@H]1c1ccccc1. The van der Waals surface area contributed by atoms with Crippen molar-refractivity contribution >= 4 is 11.7 Å². The van der Waals surface area contributed by atoms with Crippen molar-refractivity contribution in [2.45, 2.75) is 12.6 Å². The Bertz CT molecular complexity index is 1320. The summed E-state index contributed by atoms with van der Waals surface area (Å²) < 4.78 is 13.5. The Kier molecular flexibility index (Phi) is 4.76. The average Bonchev–Trinajstić information content (AvgIpc) is 3.28. The van der Waals surface area contributed by atoms with E-state index in [1.165, 1.54) is 0 Å². The third-order valence-electron chi connectivity index (χ3n) is 6.13. The highest BCUT2D eigenvalue weighted by molar-refractivity contribution is 5.90. The molecule has 33 heavy (non-hydrogen) atoms. The minimum atomic E-state index is -0.245. The van der Waals surface area contributed by atoms with Gasteiger partial charge in [-0.15, -0.1) is 0 Å². The van der Waals surface area contributed by atoms with Crippen molar-refractivity contribution in [1.82, 2.24) is 9.47 Å². The summed E-state index contributed by atoms with van der Waals surface area (Å²) in [5.74, 6) is 1.34. The number of carbonyl (C=O) groups is 1. The Morgan fingerprint density at radius 3 is 2.52 bits per heavy atom. The zero-order valence-corrected chi connectivity index (χ0v) is 18.0. The highest BCUT2D eigenvalue weighted by atomic mass is 16.6. The van der Waals surface area contributed by atoms with E-state index in [4.69, 9.17) is 9.47 Å². The molecule has 0 fully saturated rings. The van der Waals surface area contributed by atoms with Gasteiger partial charge in [0.15, 0.2) is 11.5 Å². The second kappa shape index (κ2) is 8.06. The van der Waals surface area contributed by atoms with Crippen LogP contribution in [0.1, 0.15) is 22.9 Å². The van der Waals surface area contributed by atoms with Crippen molar-refractivity contribution in [2.75, 3.05) is 18.5 Å². The molecule has 0 saturated carbocycles. The molecule has 0 radical (unpaired) electrons. The van der Waals surface area contributed by atoms with E-state index in [0.717, 1.165) is 22.5 Å². The number of anilines is 1. The number of para-hydroxylation sites is 1. The number of fused-ring (bicyclic) bond motifs is 4. The van der Waals surface area contributed by atoms with Gasteiger partial charge in [-0.05, 0) is 41.5 Å². The van der Waals surface area contributed by atoms with Crippen molar-refractivity contribution in [3.8, 4) is 17.2 Å². The number of rotatable bonds is 2. The Hall–Kier alpha value is -4.19. The molecule has 1 aromatic heterocycles. The zero-order chi connectivity index (χ0) is 22.2. The van der Waals surface area contributed by atoms with Crippen LogP contribution < -0.4 is 14.8 Å². The first-order chi connectivity index (χ1) is 16.3. The van der Waals surface area contributed by atoms with Crippen LogP contribution in [0.25, 0.3) is 5.69 Å². The number of hydrogen-bond donors (Lipinski definition) is 1. The normalized spacial score (nSPS) is 16.4. The highest BCUT2D eigenvalue weighted by Crippen LogP contribution is 2.37. The van der Waals surface area contributed by atoms with Gasteiger partial charge in [0.2, 0.25) is 0 Å². The number of hydrogen-bond acceptors (Lipinski definition) is 3. The second-order valence-corrected chi connectivity index (χ2v) is 8.16. The predicted octanol–water partition coefficient (Wildman–Crippen LogP) is 5.39. The lowest BCUT2D eigenvalue weighted by atomic mass is 10.0. The Balaban J connectivity index is 1.41. The van der Waals surface area contributed by atoms with Crippen LogP contribution in [0.4, 0.5) is 10.5 Å². The van der Waals surface area contributed by atoms with Gasteiger partial charge in [0.25, 0.3) is 0 Å². The third kappa shape index (κ3) is 3.49. The van der Waals surface area contributed by atoms with Crippen LogP contribution in [0.2, 0.25) is 0 Å². The van der Waals surface area contributed by atoms with Crippen LogP contribution in [0.3, 0.4) is 0 Å². The lowest BCUT2D eigenvalue weighted by Crippen LogP contribution is -2.37. The van der Waals surface area contributed by atoms with E-state index in [2.05, 4.69) is 46.4 Å². The first-order valence-electron chi connectivity index (χ1n) is 11.1. The van der Waals surface area contributed by atoms with Crippen LogP contribution >= 0.6 is 0 Å². The van der Waals surface area contributed by atoms with Crippen LogP contribution in [0.5, 0.6) is 11.5 Å². The molecule has 164 valence electrons. The van der Waals surface area contributed by atoms with E-state index in [9.17, 15) is 4.79 Å². The molecular formula is C27H23N3O3. The van der Waals surface area contributed by atoms with Crippen LogP contribution in [0, 0.1) is 0 Å². The maximum absolute atomic E-state index is 13.7. The summed E-state index contributed by atoms with van der Waals surface area (Å²) in [4.78, 5) is 15.6. The lowest BCUT2D eigenvalue weighted by molar-refractivity contribution is 0.171. The summed E-state index contributed by atoms with van der Waals surface area (Å²) in [6, 6.07) is 27.6. The molecule has 4 aromatic rings. The van der Waals surface area contributed by atoms with Crippen molar-refractivity contribution in [3.63, 3.8) is 0 Å². The number of nitrogens with zero attached hydrogens (tertiary/aromatic N) is 2. The molecule has 6 heteroatoms. The summed E-state index contributed by atoms with van der Waals surface area (Å²) in [7, 11) is 0. The Morgan fingerprint density at radius 2 is 1.64 bits per heavy atom. The zero-order valence-electron chi connectivity index (χ0n) is 18.0. The number of ether oxygens (including phenoxy) is 2. The van der Waals surface area contributed by atoms with E-state index in [0.29, 0.717) is 36.9 Å². The van der Waals surface area contributed by atoms with Crippen molar-refractivity contribution < 1.29 is 14.3 Å². The average molecular weight is 437 g/mol. The molecule has 3 heterocycles. The summed E-state index contributed by atoms with van der Waals surface area (Å²) in [6.07, 6.45) is 2.06. The molecule has 1 N–H and O–H groups in total. The van der Waals surface area contributed by atoms with Crippen LogP contribution in [-0.4, -0.2) is 28.7 Å². The molecule has 0 bridgehead atoms. The van der Waals surface area contributed by atoms with E-state index < -0.39 is 0 Å². The fraction of sp³-hybridized carbons (Fsp3) is 0.148. The van der Waals surface area contributed by atoms with Gasteiger partial charge in [0.05, 0.1) is 18.3 Å². The van der Waals surface area contributed by atoms with Gasteiger partial charge in [0, 0.05) is 23.6 Å². The fourth-order valence-corrected chi connectivity index (χ4v) is 4.64. The number of nitrogens with one attached hydrogen (secondary N) is 1. The molecule has 6 nitrogen and oxygen atoms in total. The maximum atomic E-state index is 13.7. The van der Waals surface area contributed by atoms with Crippen molar-refractivity contribution in [2.24, 2.45) is 0 Å². The standard InChI is InChI=1S/C27H23N3O3/c31-27(28-21-12-13-24-25(17-21)33-16-15-32-24)30-18-20-9-4-5-10-22(20)29-14-6-11-23(29)26(30)19-7-2-1-3-8-19/h1-14,17,26H,15-16,18H2,(H,28,31)/t26-/m1/s1. The van der Waals surface area contributed by atoms with Gasteiger partial charge in [0.1, 0.15) is 13.2 Å². The summed E-state index contributed by atoms with van der Waals surface area (Å²) >= 11 is 0.